The summed E-state index contributed by atoms with van der Waals surface area (Å²) in [5.41, 5.74) is 2.59. The van der Waals surface area contributed by atoms with Gasteiger partial charge in [-0.3, -0.25) is 4.68 Å². The molecule has 0 radical (unpaired) electrons. The molecule has 0 bridgehead atoms. The van der Waals surface area contributed by atoms with Crippen LogP contribution in [0.3, 0.4) is 0 Å². The van der Waals surface area contributed by atoms with Gasteiger partial charge in [-0.25, -0.2) is 0 Å². The van der Waals surface area contributed by atoms with Crippen molar-refractivity contribution in [2.75, 3.05) is 0 Å². The molecule has 1 heterocycles. The molecule has 0 spiro atoms. The molecule has 1 N–H and O–H groups in total. The molecule has 0 amide bonds. The Balaban J connectivity index is 2.42. The van der Waals surface area contributed by atoms with Crippen molar-refractivity contribution in [2.45, 2.75) is 32.9 Å². The van der Waals surface area contributed by atoms with Gasteiger partial charge in [0.15, 0.2) is 0 Å². The van der Waals surface area contributed by atoms with Crippen LogP contribution in [0.5, 0.6) is 0 Å². The maximum Gasteiger partial charge on any atom is 0.122 e. The first-order chi connectivity index (χ1) is 8.65. The molecule has 0 saturated heterocycles. The van der Waals surface area contributed by atoms with E-state index in [2.05, 4.69) is 12.0 Å². The fraction of sp³-hybridized carbons (Fsp3) is 0.357. The average Bonchev–Trinajstić information content (AvgIpc) is 2.71. The van der Waals surface area contributed by atoms with Gasteiger partial charge in [-0.15, -0.1) is 0 Å². The zero-order chi connectivity index (χ0) is 13.1. The Kier molecular flexibility index (Phi) is 4.04. The largest absolute Gasteiger partial charge is 0.382 e. The number of aliphatic hydroxyl groups excluding tert-OH is 1. The molecule has 1 unspecified atom stereocenters. The van der Waals surface area contributed by atoms with Crippen molar-refractivity contribution in [3.8, 4) is 0 Å². The molecule has 0 fully saturated rings. The third-order valence-corrected chi connectivity index (χ3v) is 3.30. The Hall–Kier alpha value is -1.32. The van der Waals surface area contributed by atoms with Gasteiger partial charge in [-0.2, -0.15) is 5.10 Å². The van der Waals surface area contributed by atoms with Crippen molar-refractivity contribution >= 4 is 11.6 Å². The zero-order valence-corrected chi connectivity index (χ0v) is 11.4. The summed E-state index contributed by atoms with van der Waals surface area (Å²) in [5, 5.41) is 15.2. The van der Waals surface area contributed by atoms with Crippen LogP contribution in [-0.4, -0.2) is 14.9 Å². The molecule has 0 aliphatic heterocycles. The summed E-state index contributed by atoms with van der Waals surface area (Å²) >= 11 is 6.13. The fourth-order valence-electron chi connectivity index (χ4n) is 2.07. The first-order valence-electron chi connectivity index (χ1n) is 6.10. The van der Waals surface area contributed by atoms with Crippen LogP contribution in [-0.2, 0) is 6.54 Å². The highest BCUT2D eigenvalue weighted by Crippen LogP contribution is 2.29. The van der Waals surface area contributed by atoms with Crippen molar-refractivity contribution in [3.05, 3.63) is 52.3 Å². The molecule has 18 heavy (non-hydrogen) atoms. The van der Waals surface area contributed by atoms with E-state index >= 15 is 0 Å². The SMILES string of the molecule is CCCn1ncc(Cl)c1C(O)c1ccccc1C. The molecule has 4 heteroatoms. The van der Waals surface area contributed by atoms with Gasteiger partial charge >= 0.3 is 0 Å². The van der Waals surface area contributed by atoms with E-state index in [1.54, 1.807) is 10.9 Å². The second-order valence-electron chi connectivity index (χ2n) is 4.36. The quantitative estimate of drug-likeness (QED) is 0.920. The van der Waals surface area contributed by atoms with Crippen molar-refractivity contribution < 1.29 is 5.11 Å². The van der Waals surface area contributed by atoms with E-state index in [0.29, 0.717) is 10.7 Å². The number of hydrogen-bond donors (Lipinski definition) is 1. The summed E-state index contributed by atoms with van der Waals surface area (Å²) in [5.74, 6) is 0. The van der Waals surface area contributed by atoms with Gasteiger partial charge in [0.1, 0.15) is 6.10 Å². The number of nitrogens with zero attached hydrogens (tertiary/aromatic N) is 2. The minimum Gasteiger partial charge on any atom is -0.382 e. The van der Waals surface area contributed by atoms with Gasteiger partial charge in [-0.1, -0.05) is 42.8 Å². The number of rotatable bonds is 4. The summed E-state index contributed by atoms with van der Waals surface area (Å²) in [6.07, 6.45) is 1.81. The van der Waals surface area contributed by atoms with Crippen LogP contribution in [0.4, 0.5) is 0 Å². The van der Waals surface area contributed by atoms with Crippen LogP contribution in [0.1, 0.15) is 36.3 Å². The number of aromatic nitrogens is 2. The van der Waals surface area contributed by atoms with Gasteiger partial charge < -0.3 is 5.11 Å². The number of halogens is 1. The lowest BCUT2D eigenvalue weighted by molar-refractivity contribution is 0.206. The predicted octanol–water partition coefficient (Wildman–Crippen LogP) is 3.34. The lowest BCUT2D eigenvalue weighted by atomic mass is 10.0. The van der Waals surface area contributed by atoms with Crippen LogP contribution in [0.25, 0.3) is 0 Å². The smallest absolute Gasteiger partial charge is 0.122 e. The van der Waals surface area contributed by atoms with Gasteiger partial charge in [0, 0.05) is 6.54 Å². The Morgan fingerprint density at radius 3 is 2.78 bits per heavy atom. The minimum absolute atomic E-state index is 0.513. The molecule has 0 aliphatic rings. The summed E-state index contributed by atoms with van der Waals surface area (Å²) in [7, 11) is 0. The van der Waals surface area contributed by atoms with E-state index in [0.717, 1.165) is 24.1 Å². The van der Waals surface area contributed by atoms with E-state index in [9.17, 15) is 5.11 Å². The molecular formula is C14H17ClN2O. The van der Waals surface area contributed by atoms with Crippen LogP contribution in [0.2, 0.25) is 5.02 Å². The Morgan fingerprint density at radius 2 is 2.11 bits per heavy atom. The molecule has 2 aromatic rings. The number of aryl methyl sites for hydroxylation is 2. The highest BCUT2D eigenvalue weighted by molar-refractivity contribution is 6.31. The predicted molar refractivity (Wildman–Crippen MR) is 72.8 cm³/mol. The second-order valence-corrected chi connectivity index (χ2v) is 4.77. The van der Waals surface area contributed by atoms with Gasteiger partial charge in [0.05, 0.1) is 16.9 Å². The summed E-state index contributed by atoms with van der Waals surface area (Å²) in [6, 6.07) is 7.77. The van der Waals surface area contributed by atoms with Gasteiger partial charge in [0.25, 0.3) is 0 Å². The van der Waals surface area contributed by atoms with Crippen molar-refractivity contribution in [1.82, 2.24) is 9.78 Å². The molecule has 0 saturated carbocycles. The molecular weight excluding hydrogens is 248 g/mol. The molecule has 1 aromatic heterocycles. The lowest BCUT2D eigenvalue weighted by Gasteiger charge is -2.16. The molecule has 2 rings (SSSR count). The van der Waals surface area contributed by atoms with Crippen molar-refractivity contribution in [2.24, 2.45) is 0 Å². The van der Waals surface area contributed by atoms with Crippen LogP contribution >= 0.6 is 11.6 Å². The Labute approximate surface area is 112 Å². The average molecular weight is 265 g/mol. The zero-order valence-electron chi connectivity index (χ0n) is 10.6. The van der Waals surface area contributed by atoms with Crippen LogP contribution in [0, 0.1) is 6.92 Å². The topological polar surface area (TPSA) is 38.0 Å². The third kappa shape index (κ3) is 2.42. The van der Waals surface area contributed by atoms with E-state index in [1.807, 2.05) is 31.2 Å². The first kappa shape index (κ1) is 13.1. The molecule has 96 valence electrons. The monoisotopic (exact) mass is 264 g/mol. The lowest BCUT2D eigenvalue weighted by Crippen LogP contribution is -2.11. The Morgan fingerprint density at radius 1 is 1.39 bits per heavy atom. The van der Waals surface area contributed by atoms with Crippen LogP contribution < -0.4 is 0 Å². The Bertz CT molecular complexity index is 536. The number of benzene rings is 1. The summed E-state index contributed by atoms with van der Waals surface area (Å²) in [6.45, 7) is 4.80. The first-order valence-corrected chi connectivity index (χ1v) is 6.47. The van der Waals surface area contributed by atoms with E-state index in [-0.39, 0.29) is 0 Å². The van der Waals surface area contributed by atoms with Gasteiger partial charge in [-0.05, 0) is 24.5 Å². The van der Waals surface area contributed by atoms with Crippen molar-refractivity contribution in [3.63, 3.8) is 0 Å². The molecule has 0 aliphatic carbocycles. The van der Waals surface area contributed by atoms with E-state index < -0.39 is 6.10 Å². The minimum atomic E-state index is -0.729. The van der Waals surface area contributed by atoms with Gasteiger partial charge in [0.2, 0.25) is 0 Å². The molecule has 1 atom stereocenters. The third-order valence-electron chi connectivity index (χ3n) is 3.01. The maximum atomic E-state index is 10.5. The number of aliphatic hydroxyl groups is 1. The summed E-state index contributed by atoms with van der Waals surface area (Å²) in [4.78, 5) is 0. The summed E-state index contributed by atoms with van der Waals surface area (Å²) < 4.78 is 1.78. The molecule has 3 nitrogen and oxygen atoms in total. The van der Waals surface area contributed by atoms with E-state index in [1.165, 1.54) is 0 Å². The van der Waals surface area contributed by atoms with Crippen molar-refractivity contribution in [1.29, 1.82) is 0 Å². The highest BCUT2D eigenvalue weighted by Gasteiger charge is 2.20. The second kappa shape index (κ2) is 5.55. The van der Waals surface area contributed by atoms with Crippen LogP contribution in [0.15, 0.2) is 30.5 Å². The normalized spacial score (nSPS) is 12.7. The highest BCUT2D eigenvalue weighted by atomic mass is 35.5. The maximum absolute atomic E-state index is 10.5. The molecule has 1 aromatic carbocycles. The number of hydrogen-bond acceptors (Lipinski definition) is 2. The van der Waals surface area contributed by atoms with E-state index in [4.69, 9.17) is 11.6 Å². The standard InChI is InChI=1S/C14H17ClN2O/c1-3-8-17-13(12(15)9-16-17)14(18)11-7-5-4-6-10(11)2/h4-7,9,14,18H,3,8H2,1-2H3. The fourth-order valence-corrected chi connectivity index (χ4v) is 2.32.